The molecular formula is C12H16Br2O. The van der Waals surface area contributed by atoms with Crippen LogP contribution in [-0.2, 0) is 5.33 Å². The molecule has 1 nitrogen and oxygen atoms in total. The zero-order valence-corrected chi connectivity index (χ0v) is 12.3. The van der Waals surface area contributed by atoms with E-state index in [2.05, 4.69) is 51.8 Å². The summed E-state index contributed by atoms with van der Waals surface area (Å²) in [6, 6.07) is 6.11. The van der Waals surface area contributed by atoms with Gasteiger partial charge in [-0.25, -0.2) is 0 Å². The minimum Gasteiger partial charge on any atom is -0.493 e. The average Bonchev–Trinajstić information content (AvgIpc) is 2.26. The Morgan fingerprint density at radius 1 is 1.40 bits per heavy atom. The summed E-state index contributed by atoms with van der Waals surface area (Å²) < 4.78 is 6.88. The van der Waals surface area contributed by atoms with Crippen molar-refractivity contribution in [2.45, 2.75) is 25.6 Å². The molecule has 0 saturated heterocycles. The van der Waals surface area contributed by atoms with Gasteiger partial charge in [0.25, 0.3) is 0 Å². The summed E-state index contributed by atoms with van der Waals surface area (Å²) in [5.41, 5.74) is 1.19. The van der Waals surface area contributed by atoms with Crippen LogP contribution < -0.4 is 4.74 Å². The molecule has 1 aromatic rings. The Morgan fingerprint density at radius 3 is 2.73 bits per heavy atom. The third kappa shape index (κ3) is 4.15. The summed E-state index contributed by atoms with van der Waals surface area (Å²) in [5.74, 6) is 1.59. The van der Waals surface area contributed by atoms with E-state index in [1.54, 1.807) is 0 Å². The molecule has 0 amide bonds. The molecule has 0 spiro atoms. The highest BCUT2D eigenvalue weighted by atomic mass is 79.9. The van der Waals surface area contributed by atoms with Crippen LogP contribution in [-0.4, -0.2) is 6.61 Å². The largest absolute Gasteiger partial charge is 0.493 e. The van der Waals surface area contributed by atoms with Crippen LogP contribution in [0.1, 0.15) is 25.8 Å². The zero-order valence-electron chi connectivity index (χ0n) is 9.09. The molecular weight excluding hydrogens is 320 g/mol. The second-order valence-corrected chi connectivity index (χ2v) is 5.19. The van der Waals surface area contributed by atoms with E-state index in [-0.39, 0.29) is 0 Å². The number of rotatable bonds is 5. The van der Waals surface area contributed by atoms with Crippen LogP contribution in [0.4, 0.5) is 0 Å². The smallest absolute Gasteiger partial charge is 0.123 e. The molecule has 1 atom stereocenters. The van der Waals surface area contributed by atoms with E-state index in [9.17, 15) is 0 Å². The van der Waals surface area contributed by atoms with Gasteiger partial charge in [0.05, 0.1) is 6.61 Å². The quantitative estimate of drug-likeness (QED) is 0.704. The third-order valence-electron chi connectivity index (χ3n) is 2.39. The van der Waals surface area contributed by atoms with E-state index in [0.717, 1.165) is 28.6 Å². The van der Waals surface area contributed by atoms with Gasteiger partial charge in [-0.05, 0) is 24.1 Å². The monoisotopic (exact) mass is 334 g/mol. The maximum absolute atomic E-state index is 5.78. The molecule has 0 radical (unpaired) electrons. The van der Waals surface area contributed by atoms with Gasteiger partial charge in [0.15, 0.2) is 0 Å². The van der Waals surface area contributed by atoms with E-state index < -0.39 is 0 Å². The first-order valence-electron chi connectivity index (χ1n) is 5.14. The lowest BCUT2D eigenvalue weighted by molar-refractivity contribution is 0.255. The summed E-state index contributed by atoms with van der Waals surface area (Å²) in [5, 5.41) is 0.822. The molecule has 1 unspecified atom stereocenters. The first-order valence-corrected chi connectivity index (χ1v) is 7.06. The van der Waals surface area contributed by atoms with Gasteiger partial charge in [-0.3, -0.25) is 0 Å². The molecule has 0 aliphatic heterocycles. The number of benzene rings is 1. The average molecular weight is 336 g/mol. The van der Waals surface area contributed by atoms with Gasteiger partial charge in [-0.1, -0.05) is 52.1 Å². The molecule has 0 fully saturated rings. The standard InChI is InChI=1S/C12H16Br2O/c1-3-9(2)8-15-12-5-4-11(14)6-10(12)7-13/h4-6,9H,3,7-8H2,1-2H3. The van der Waals surface area contributed by atoms with Crippen LogP contribution in [0.15, 0.2) is 22.7 Å². The summed E-state index contributed by atoms with van der Waals surface area (Å²) in [7, 11) is 0. The first kappa shape index (κ1) is 13.0. The number of hydrogen-bond acceptors (Lipinski definition) is 1. The molecule has 0 bridgehead atoms. The SMILES string of the molecule is CCC(C)COc1ccc(Br)cc1CBr. The van der Waals surface area contributed by atoms with Crippen LogP contribution >= 0.6 is 31.9 Å². The van der Waals surface area contributed by atoms with Gasteiger partial charge in [0.1, 0.15) is 5.75 Å². The fraction of sp³-hybridized carbons (Fsp3) is 0.500. The van der Waals surface area contributed by atoms with Crippen molar-refractivity contribution in [3.8, 4) is 5.75 Å². The normalized spacial score (nSPS) is 12.5. The molecule has 0 aromatic heterocycles. The second-order valence-electron chi connectivity index (χ2n) is 3.71. The molecule has 1 rings (SSSR count). The molecule has 84 valence electrons. The Labute approximate surface area is 108 Å². The number of ether oxygens (including phenoxy) is 1. The fourth-order valence-electron chi connectivity index (χ4n) is 1.14. The van der Waals surface area contributed by atoms with Crippen molar-refractivity contribution in [1.29, 1.82) is 0 Å². The van der Waals surface area contributed by atoms with E-state index in [4.69, 9.17) is 4.74 Å². The van der Waals surface area contributed by atoms with Crippen LogP contribution in [0.5, 0.6) is 5.75 Å². The number of alkyl halides is 1. The van der Waals surface area contributed by atoms with Crippen LogP contribution in [0.3, 0.4) is 0 Å². The third-order valence-corrected chi connectivity index (χ3v) is 3.48. The minimum absolute atomic E-state index is 0.608. The Balaban J connectivity index is 2.67. The predicted molar refractivity (Wildman–Crippen MR) is 71.7 cm³/mol. The highest BCUT2D eigenvalue weighted by Crippen LogP contribution is 2.25. The lowest BCUT2D eigenvalue weighted by Crippen LogP contribution is -2.08. The molecule has 0 aliphatic carbocycles. The van der Waals surface area contributed by atoms with Crippen molar-refractivity contribution in [3.05, 3.63) is 28.2 Å². The molecule has 0 N–H and O–H groups in total. The van der Waals surface area contributed by atoms with Gasteiger partial charge in [-0.2, -0.15) is 0 Å². The molecule has 1 aromatic carbocycles. The maximum atomic E-state index is 5.78. The molecule has 0 aliphatic rings. The Kier molecular flexibility index (Phi) is 5.69. The highest BCUT2D eigenvalue weighted by Gasteiger charge is 2.05. The van der Waals surface area contributed by atoms with Gasteiger partial charge in [0.2, 0.25) is 0 Å². The van der Waals surface area contributed by atoms with Crippen molar-refractivity contribution >= 4 is 31.9 Å². The van der Waals surface area contributed by atoms with Crippen molar-refractivity contribution in [2.75, 3.05) is 6.61 Å². The maximum Gasteiger partial charge on any atom is 0.123 e. The van der Waals surface area contributed by atoms with E-state index in [1.165, 1.54) is 5.56 Å². The lowest BCUT2D eigenvalue weighted by atomic mass is 10.1. The molecule has 0 heterocycles. The minimum atomic E-state index is 0.608. The Hall–Kier alpha value is -0.0200. The highest BCUT2D eigenvalue weighted by molar-refractivity contribution is 9.10. The summed E-state index contributed by atoms with van der Waals surface area (Å²) in [6.07, 6.45) is 1.15. The molecule has 0 saturated carbocycles. The van der Waals surface area contributed by atoms with Crippen LogP contribution in [0.25, 0.3) is 0 Å². The van der Waals surface area contributed by atoms with E-state index >= 15 is 0 Å². The van der Waals surface area contributed by atoms with Crippen molar-refractivity contribution in [1.82, 2.24) is 0 Å². The number of hydrogen-bond donors (Lipinski definition) is 0. The lowest BCUT2D eigenvalue weighted by Gasteiger charge is -2.13. The van der Waals surface area contributed by atoms with Crippen molar-refractivity contribution < 1.29 is 4.74 Å². The van der Waals surface area contributed by atoms with Crippen LogP contribution in [0.2, 0.25) is 0 Å². The van der Waals surface area contributed by atoms with Gasteiger partial charge in [0, 0.05) is 15.4 Å². The van der Waals surface area contributed by atoms with Gasteiger partial charge in [-0.15, -0.1) is 0 Å². The molecule has 15 heavy (non-hydrogen) atoms. The van der Waals surface area contributed by atoms with E-state index in [1.807, 2.05) is 12.1 Å². The number of halogens is 2. The topological polar surface area (TPSA) is 9.23 Å². The summed E-state index contributed by atoms with van der Waals surface area (Å²) in [4.78, 5) is 0. The van der Waals surface area contributed by atoms with Crippen LogP contribution in [0, 0.1) is 5.92 Å². The Morgan fingerprint density at radius 2 is 2.13 bits per heavy atom. The summed E-state index contributed by atoms with van der Waals surface area (Å²) >= 11 is 6.92. The van der Waals surface area contributed by atoms with Gasteiger partial charge < -0.3 is 4.74 Å². The fourth-order valence-corrected chi connectivity index (χ4v) is 1.99. The molecule has 3 heteroatoms. The second kappa shape index (κ2) is 6.54. The first-order chi connectivity index (χ1) is 7.17. The zero-order chi connectivity index (χ0) is 11.3. The van der Waals surface area contributed by atoms with Crippen molar-refractivity contribution in [3.63, 3.8) is 0 Å². The van der Waals surface area contributed by atoms with Gasteiger partial charge >= 0.3 is 0 Å². The van der Waals surface area contributed by atoms with Crippen molar-refractivity contribution in [2.24, 2.45) is 5.92 Å². The predicted octanol–water partition coefficient (Wildman–Crippen LogP) is 4.77. The van der Waals surface area contributed by atoms with E-state index in [0.29, 0.717) is 5.92 Å². The summed E-state index contributed by atoms with van der Waals surface area (Å²) in [6.45, 7) is 5.17. The Bertz CT molecular complexity index is 312.